The first kappa shape index (κ1) is 14.9. The second kappa shape index (κ2) is 6.76. The Kier molecular flexibility index (Phi) is 4.79. The van der Waals surface area contributed by atoms with Gasteiger partial charge in [0.15, 0.2) is 11.5 Å². The number of aromatic hydroxyl groups is 1. The van der Waals surface area contributed by atoms with E-state index in [1.807, 2.05) is 30.3 Å². The second-order valence-corrected chi connectivity index (χ2v) is 4.69. The number of benzene rings is 2. The molecule has 0 unspecified atom stereocenters. The molecule has 0 aliphatic heterocycles. The highest BCUT2D eigenvalue weighted by Gasteiger charge is 2.17. The first-order valence-corrected chi connectivity index (χ1v) is 6.54. The van der Waals surface area contributed by atoms with E-state index in [9.17, 15) is 9.90 Å². The van der Waals surface area contributed by atoms with Crippen molar-refractivity contribution in [2.24, 2.45) is 5.73 Å². The van der Waals surface area contributed by atoms with Gasteiger partial charge in [-0.1, -0.05) is 42.5 Å². The predicted molar refractivity (Wildman–Crippen MR) is 78.2 cm³/mol. The van der Waals surface area contributed by atoms with Crippen molar-refractivity contribution >= 4 is 5.97 Å². The number of hydrogen-bond acceptors (Lipinski definition) is 4. The maximum absolute atomic E-state index is 10.9. The summed E-state index contributed by atoms with van der Waals surface area (Å²) in [6, 6.07) is 13.3. The van der Waals surface area contributed by atoms with Crippen molar-refractivity contribution in [3.63, 3.8) is 0 Å². The highest BCUT2D eigenvalue weighted by molar-refractivity contribution is 5.73. The van der Waals surface area contributed by atoms with Gasteiger partial charge in [0.2, 0.25) is 0 Å². The molecule has 0 aliphatic rings. The van der Waals surface area contributed by atoms with Crippen LogP contribution in [0, 0.1) is 0 Å². The molecule has 110 valence electrons. The van der Waals surface area contributed by atoms with Crippen molar-refractivity contribution in [1.29, 1.82) is 0 Å². The number of phenols is 1. The smallest absolute Gasteiger partial charge is 0.320 e. The van der Waals surface area contributed by atoms with Crippen molar-refractivity contribution in [2.75, 3.05) is 0 Å². The summed E-state index contributed by atoms with van der Waals surface area (Å²) in [7, 11) is 0. The van der Waals surface area contributed by atoms with Crippen molar-refractivity contribution in [2.45, 2.75) is 19.1 Å². The van der Waals surface area contributed by atoms with Gasteiger partial charge >= 0.3 is 5.97 Å². The van der Waals surface area contributed by atoms with Crippen LogP contribution in [0.1, 0.15) is 11.1 Å². The van der Waals surface area contributed by atoms with Crippen LogP contribution in [-0.2, 0) is 17.8 Å². The molecule has 1 atom stereocenters. The molecule has 2 aromatic carbocycles. The zero-order chi connectivity index (χ0) is 15.2. The molecule has 0 aromatic heterocycles. The van der Waals surface area contributed by atoms with E-state index >= 15 is 0 Å². The minimum atomic E-state index is -1.09. The Labute approximate surface area is 122 Å². The van der Waals surface area contributed by atoms with E-state index in [-0.39, 0.29) is 24.5 Å². The fourth-order valence-corrected chi connectivity index (χ4v) is 1.95. The van der Waals surface area contributed by atoms with E-state index in [1.54, 1.807) is 12.1 Å². The van der Waals surface area contributed by atoms with E-state index in [0.717, 1.165) is 5.56 Å². The van der Waals surface area contributed by atoms with Gasteiger partial charge < -0.3 is 20.7 Å². The quantitative estimate of drug-likeness (QED) is 0.755. The maximum Gasteiger partial charge on any atom is 0.320 e. The number of hydrogen-bond donors (Lipinski definition) is 3. The summed E-state index contributed by atoms with van der Waals surface area (Å²) in [5.74, 6) is -0.841. The Balaban J connectivity index is 2.16. The molecular weight excluding hydrogens is 270 g/mol. The summed E-state index contributed by atoms with van der Waals surface area (Å²) < 4.78 is 5.64. The van der Waals surface area contributed by atoms with Crippen molar-refractivity contribution < 1.29 is 19.7 Å². The molecule has 0 heterocycles. The summed E-state index contributed by atoms with van der Waals surface area (Å²) in [4.78, 5) is 10.9. The Morgan fingerprint density at radius 1 is 1.14 bits per heavy atom. The molecule has 0 radical (unpaired) electrons. The Hall–Kier alpha value is -2.53. The largest absolute Gasteiger partial charge is 0.504 e. The SMILES string of the molecule is N[C@@H](Cc1cccc(O)c1OCc1ccccc1)C(=O)O. The van der Waals surface area contributed by atoms with Crippen LogP contribution in [0.2, 0.25) is 0 Å². The third-order valence-electron chi connectivity index (χ3n) is 3.06. The summed E-state index contributed by atoms with van der Waals surface area (Å²) in [5.41, 5.74) is 7.06. The number of nitrogens with two attached hydrogens (primary N) is 1. The zero-order valence-electron chi connectivity index (χ0n) is 11.4. The highest BCUT2D eigenvalue weighted by atomic mass is 16.5. The van der Waals surface area contributed by atoms with Gasteiger partial charge in [0.1, 0.15) is 12.6 Å². The van der Waals surface area contributed by atoms with Gasteiger partial charge in [-0.25, -0.2) is 0 Å². The maximum atomic E-state index is 10.9. The van der Waals surface area contributed by atoms with Gasteiger partial charge in [0.25, 0.3) is 0 Å². The van der Waals surface area contributed by atoms with Crippen LogP contribution in [0.15, 0.2) is 48.5 Å². The van der Waals surface area contributed by atoms with Crippen LogP contribution in [0.4, 0.5) is 0 Å². The molecule has 0 bridgehead atoms. The van der Waals surface area contributed by atoms with E-state index < -0.39 is 12.0 Å². The molecule has 0 saturated heterocycles. The van der Waals surface area contributed by atoms with Crippen LogP contribution < -0.4 is 10.5 Å². The third kappa shape index (κ3) is 3.97. The van der Waals surface area contributed by atoms with Gasteiger partial charge in [0, 0.05) is 12.0 Å². The fourth-order valence-electron chi connectivity index (χ4n) is 1.95. The van der Waals surface area contributed by atoms with Gasteiger partial charge in [0.05, 0.1) is 0 Å². The fraction of sp³-hybridized carbons (Fsp3) is 0.188. The lowest BCUT2D eigenvalue weighted by Gasteiger charge is -2.14. The van der Waals surface area contributed by atoms with E-state index in [2.05, 4.69) is 0 Å². The molecule has 5 nitrogen and oxygen atoms in total. The highest BCUT2D eigenvalue weighted by Crippen LogP contribution is 2.31. The molecule has 0 fully saturated rings. The number of carbonyl (C=O) groups is 1. The van der Waals surface area contributed by atoms with E-state index in [4.69, 9.17) is 15.6 Å². The second-order valence-electron chi connectivity index (χ2n) is 4.69. The van der Waals surface area contributed by atoms with Crippen molar-refractivity contribution in [1.82, 2.24) is 0 Å². The molecule has 0 saturated carbocycles. The number of carboxylic acid groups (broad SMARTS) is 1. The van der Waals surface area contributed by atoms with Crippen LogP contribution >= 0.6 is 0 Å². The number of ether oxygens (including phenoxy) is 1. The molecule has 0 spiro atoms. The summed E-state index contributed by atoms with van der Waals surface area (Å²) in [6.45, 7) is 0.285. The average molecular weight is 287 g/mol. The molecule has 5 heteroatoms. The molecule has 0 amide bonds. The minimum Gasteiger partial charge on any atom is -0.504 e. The lowest BCUT2D eigenvalue weighted by molar-refractivity contribution is -0.138. The van der Waals surface area contributed by atoms with Gasteiger partial charge in [-0.15, -0.1) is 0 Å². The number of phenolic OH excluding ortho intramolecular Hbond substituents is 1. The lowest BCUT2D eigenvalue weighted by atomic mass is 10.0. The average Bonchev–Trinajstić information content (AvgIpc) is 2.47. The molecule has 2 aromatic rings. The van der Waals surface area contributed by atoms with Gasteiger partial charge in [-0.05, 0) is 11.6 Å². The van der Waals surface area contributed by atoms with E-state index in [1.165, 1.54) is 6.07 Å². The topological polar surface area (TPSA) is 92.8 Å². The predicted octanol–water partition coefficient (Wildman–Crippen LogP) is 1.93. The summed E-state index contributed by atoms with van der Waals surface area (Å²) in [6.07, 6.45) is 0.0911. The number of carboxylic acids is 1. The Morgan fingerprint density at radius 2 is 1.86 bits per heavy atom. The van der Waals surface area contributed by atoms with Gasteiger partial charge in [-0.2, -0.15) is 0 Å². The third-order valence-corrected chi connectivity index (χ3v) is 3.06. The monoisotopic (exact) mass is 287 g/mol. The lowest BCUT2D eigenvalue weighted by Crippen LogP contribution is -2.32. The first-order valence-electron chi connectivity index (χ1n) is 6.54. The summed E-state index contributed by atoms with van der Waals surface area (Å²) in [5, 5.41) is 18.8. The molecule has 4 N–H and O–H groups in total. The van der Waals surface area contributed by atoms with Crippen LogP contribution in [-0.4, -0.2) is 22.2 Å². The Bertz CT molecular complexity index is 613. The normalized spacial score (nSPS) is 11.9. The minimum absolute atomic E-state index is 0.0268. The molecule has 2 rings (SSSR count). The van der Waals surface area contributed by atoms with Gasteiger partial charge in [-0.3, -0.25) is 4.79 Å². The number of rotatable bonds is 6. The summed E-state index contributed by atoms with van der Waals surface area (Å²) >= 11 is 0. The van der Waals surface area contributed by atoms with Crippen molar-refractivity contribution in [3.05, 3.63) is 59.7 Å². The van der Waals surface area contributed by atoms with Crippen LogP contribution in [0.25, 0.3) is 0 Å². The molecule has 0 aliphatic carbocycles. The number of aliphatic carboxylic acids is 1. The zero-order valence-corrected chi connectivity index (χ0v) is 11.4. The standard InChI is InChI=1S/C16H17NO4/c17-13(16(19)20)9-12-7-4-8-14(18)15(12)21-10-11-5-2-1-3-6-11/h1-8,13,18H,9-10,17H2,(H,19,20)/t13-/m0/s1. The van der Waals surface area contributed by atoms with Crippen molar-refractivity contribution in [3.8, 4) is 11.5 Å². The first-order chi connectivity index (χ1) is 10.1. The van der Waals surface area contributed by atoms with Crippen LogP contribution in [0.3, 0.4) is 0 Å². The number of para-hydroxylation sites is 1. The van der Waals surface area contributed by atoms with Crippen LogP contribution in [0.5, 0.6) is 11.5 Å². The van der Waals surface area contributed by atoms with E-state index in [0.29, 0.717) is 5.56 Å². The molecule has 21 heavy (non-hydrogen) atoms. The molecular formula is C16H17NO4. The Morgan fingerprint density at radius 3 is 2.52 bits per heavy atom.